The summed E-state index contributed by atoms with van der Waals surface area (Å²) in [6.45, 7) is 0. The zero-order valence-corrected chi connectivity index (χ0v) is 7.68. The van der Waals surface area contributed by atoms with Crippen molar-refractivity contribution in [1.29, 1.82) is 0 Å². The van der Waals surface area contributed by atoms with Crippen LogP contribution in [0.2, 0.25) is 0 Å². The maximum atomic E-state index is 10.9. The number of aromatic carboxylic acids is 1. The Hall–Kier alpha value is -2.30. The van der Waals surface area contributed by atoms with Gasteiger partial charge in [0.25, 0.3) is 5.56 Å². The van der Waals surface area contributed by atoms with Crippen LogP contribution in [0.15, 0.2) is 41.3 Å². The van der Waals surface area contributed by atoms with E-state index in [1.165, 1.54) is 23.0 Å². The van der Waals surface area contributed by atoms with Crippen LogP contribution in [-0.4, -0.2) is 20.9 Å². The number of carboxylic acids is 1. The van der Waals surface area contributed by atoms with Gasteiger partial charge in [-0.3, -0.25) is 14.6 Å². The van der Waals surface area contributed by atoms with Crippen LogP contribution in [0.1, 0.15) is 10.4 Å². The summed E-state index contributed by atoms with van der Waals surface area (Å²) in [6, 6.07) is 7.78. The summed E-state index contributed by atoms with van der Waals surface area (Å²) in [5.74, 6) is -1.03. The molecule has 0 atom stereocenters. The number of benzene rings is 1. The number of hydrogen-bond acceptors (Lipinski definition) is 2. The second-order valence-electron chi connectivity index (χ2n) is 2.98. The molecule has 1 heterocycles. The highest BCUT2D eigenvalue weighted by atomic mass is 16.4. The van der Waals surface area contributed by atoms with Crippen LogP contribution in [0.25, 0.3) is 5.69 Å². The van der Waals surface area contributed by atoms with Crippen molar-refractivity contribution in [3.63, 3.8) is 0 Å². The third-order valence-electron chi connectivity index (χ3n) is 2.00. The molecule has 0 unspecified atom stereocenters. The van der Waals surface area contributed by atoms with Crippen molar-refractivity contribution >= 4 is 5.97 Å². The fourth-order valence-electron chi connectivity index (χ4n) is 1.34. The van der Waals surface area contributed by atoms with E-state index in [-0.39, 0.29) is 11.1 Å². The Morgan fingerprint density at radius 2 is 2.00 bits per heavy atom. The van der Waals surface area contributed by atoms with Crippen molar-refractivity contribution in [2.75, 3.05) is 0 Å². The summed E-state index contributed by atoms with van der Waals surface area (Å²) in [7, 11) is 0. The topological polar surface area (TPSA) is 75.1 Å². The average molecular weight is 204 g/mol. The monoisotopic (exact) mass is 204 g/mol. The number of aromatic amines is 1. The predicted molar refractivity (Wildman–Crippen MR) is 53.3 cm³/mol. The van der Waals surface area contributed by atoms with Crippen molar-refractivity contribution in [2.24, 2.45) is 0 Å². The predicted octanol–water partition coefficient (Wildman–Crippen LogP) is 0.864. The van der Waals surface area contributed by atoms with Gasteiger partial charge in [-0.1, -0.05) is 12.1 Å². The number of carboxylic acid groups (broad SMARTS) is 1. The summed E-state index contributed by atoms with van der Waals surface area (Å²) in [6.07, 6.45) is 1.49. The highest BCUT2D eigenvalue weighted by Crippen LogP contribution is 2.12. The Kier molecular flexibility index (Phi) is 2.13. The zero-order valence-electron chi connectivity index (χ0n) is 7.68. The highest BCUT2D eigenvalue weighted by molar-refractivity contribution is 5.91. The fourth-order valence-corrected chi connectivity index (χ4v) is 1.34. The molecule has 5 nitrogen and oxygen atoms in total. The van der Waals surface area contributed by atoms with Gasteiger partial charge in [0.15, 0.2) is 0 Å². The van der Waals surface area contributed by atoms with Crippen LogP contribution in [-0.2, 0) is 0 Å². The van der Waals surface area contributed by atoms with Crippen LogP contribution in [0, 0.1) is 0 Å². The maximum Gasteiger partial charge on any atom is 0.337 e. The maximum absolute atomic E-state index is 10.9. The molecule has 0 saturated carbocycles. The highest BCUT2D eigenvalue weighted by Gasteiger charge is 2.10. The SMILES string of the molecule is O=C(O)c1ccccc1-n1ccc(=O)[nH]1. The summed E-state index contributed by atoms with van der Waals surface area (Å²) < 4.78 is 1.38. The number of H-pyrrole nitrogens is 1. The molecule has 0 fully saturated rings. The molecule has 1 aromatic heterocycles. The Labute approximate surface area is 84.6 Å². The molecule has 0 spiro atoms. The third-order valence-corrected chi connectivity index (χ3v) is 2.00. The van der Waals surface area contributed by atoms with E-state index in [1.807, 2.05) is 0 Å². The first kappa shape index (κ1) is 9.26. The number of hydrogen-bond donors (Lipinski definition) is 2. The first-order valence-electron chi connectivity index (χ1n) is 4.29. The van der Waals surface area contributed by atoms with E-state index in [9.17, 15) is 9.59 Å². The molecule has 0 aliphatic heterocycles. The van der Waals surface area contributed by atoms with Gasteiger partial charge in [-0.15, -0.1) is 0 Å². The minimum Gasteiger partial charge on any atom is -0.478 e. The first-order chi connectivity index (χ1) is 7.18. The van der Waals surface area contributed by atoms with Crippen LogP contribution in [0.5, 0.6) is 0 Å². The number of aromatic nitrogens is 2. The molecule has 0 aliphatic rings. The van der Waals surface area contributed by atoms with Gasteiger partial charge in [0, 0.05) is 12.3 Å². The molecular weight excluding hydrogens is 196 g/mol. The van der Waals surface area contributed by atoms with Gasteiger partial charge in [0.05, 0.1) is 11.3 Å². The second kappa shape index (κ2) is 3.45. The minimum atomic E-state index is -1.03. The Morgan fingerprint density at radius 3 is 2.60 bits per heavy atom. The fraction of sp³-hybridized carbons (Fsp3) is 0. The van der Waals surface area contributed by atoms with Crippen molar-refractivity contribution in [1.82, 2.24) is 9.78 Å². The molecular formula is C10H8N2O3. The third kappa shape index (κ3) is 1.67. The second-order valence-corrected chi connectivity index (χ2v) is 2.98. The number of nitrogens with zero attached hydrogens (tertiary/aromatic N) is 1. The molecule has 2 rings (SSSR count). The van der Waals surface area contributed by atoms with E-state index in [0.29, 0.717) is 5.69 Å². The molecule has 0 amide bonds. The van der Waals surface area contributed by atoms with Crippen molar-refractivity contribution in [3.8, 4) is 5.69 Å². The Balaban J connectivity index is 2.62. The van der Waals surface area contributed by atoms with Gasteiger partial charge >= 0.3 is 5.97 Å². The molecule has 0 bridgehead atoms. The summed E-state index contributed by atoms with van der Waals surface area (Å²) in [5, 5.41) is 11.4. The lowest BCUT2D eigenvalue weighted by Gasteiger charge is -2.05. The van der Waals surface area contributed by atoms with Crippen molar-refractivity contribution in [2.45, 2.75) is 0 Å². The van der Waals surface area contributed by atoms with E-state index in [1.54, 1.807) is 18.2 Å². The molecule has 0 radical (unpaired) electrons. The smallest absolute Gasteiger partial charge is 0.337 e. The van der Waals surface area contributed by atoms with Gasteiger partial charge in [-0.05, 0) is 12.1 Å². The molecule has 5 heteroatoms. The summed E-state index contributed by atoms with van der Waals surface area (Å²) in [5.41, 5.74) is 0.312. The lowest BCUT2D eigenvalue weighted by Crippen LogP contribution is -2.08. The largest absolute Gasteiger partial charge is 0.478 e. The molecule has 0 aliphatic carbocycles. The quantitative estimate of drug-likeness (QED) is 0.761. The standard InChI is InChI=1S/C10H8N2O3/c13-9-5-6-12(11-9)8-4-2-1-3-7(8)10(14)15/h1-6H,(H,11,13)(H,14,15). The van der Waals surface area contributed by atoms with E-state index >= 15 is 0 Å². The molecule has 2 N–H and O–H groups in total. The molecule has 2 aromatic rings. The van der Waals surface area contributed by atoms with Crippen molar-refractivity contribution in [3.05, 3.63) is 52.4 Å². The van der Waals surface area contributed by atoms with Gasteiger partial charge in [-0.2, -0.15) is 0 Å². The molecule has 0 saturated heterocycles. The van der Waals surface area contributed by atoms with Crippen molar-refractivity contribution < 1.29 is 9.90 Å². The van der Waals surface area contributed by atoms with Crippen LogP contribution in [0.3, 0.4) is 0 Å². The summed E-state index contributed by atoms with van der Waals surface area (Å²) >= 11 is 0. The Morgan fingerprint density at radius 1 is 1.27 bits per heavy atom. The van der Waals surface area contributed by atoms with Gasteiger partial charge in [0.2, 0.25) is 0 Å². The zero-order chi connectivity index (χ0) is 10.8. The summed E-state index contributed by atoms with van der Waals surface area (Å²) in [4.78, 5) is 21.8. The number of rotatable bonds is 2. The number of nitrogens with one attached hydrogen (secondary N) is 1. The minimum absolute atomic E-state index is 0.143. The van der Waals surface area contributed by atoms with Crippen LogP contribution < -0.4 is 5.56 Å². The normalized spacial score (nSPS) is 10.1. The van der Waals surface area contributed by atoms with E-state index in [0.717, 1.165) is 0 Å². The van der Waals surface area contributed by atoms with E-state index < -0.39 is 5.97 Å². The molecule has 76 valence electrons. The lowest BCUT2D eigenvalue weighted by molar-refractivity contribution is 0.0696. The van der Waals surface area contributed by atoms with Gasteiger partial charge in [-0.25, -0.2) is 4.79 Å². The van der Waals surface area contributed by atoms with E-state index in [4.69, 9.17) is 5.11 Å². The number of para-hydroxylation sites is 1. The Bertz CT molecular complexity index is 554. The molecule has 15 heavy (non-hydrogen) atoms. The molecule has 1 aromatic carbocycles. The van der Waals surface area contributed by atoms with Gasteiger partial charge < -0.3 is 5.11 Å². The van der Waals surface area contributed by atoms with Crippen LogP contribution in [0.4, 0.5) is 0 Å². The lowest BCUT2D eigenvalue weighted by atomic mass is 10.2. The number of carbonyl (C=O) groups is 1. The van der Waals surface area contributed by atoms with Crippen LogP contribution >= 0.6 is 0 Å². The first-order valence-corrected chi connectivity index (χ1v) is 4.29. The average Bonchev–Trinajstić information content (AvgIpc) is 2.65. The van der Waals surface area contributed by atoms with E-state index in [2.05, 4.69) is 5.10 Å². The van der Waals surface area contributed by atoms with Gasteiger partial charge in [0.1, 0.15) is 0 Å².